The van der Waals surface area contributed by atoms with Crippen molar-refractivity contribution in [1.29, 1.82) is 0 Å². The van der Waals surface area contributed by atoms with E-state index in [1.165, 1.54) is 20.3 Å². The van der Waals surface area contributed by atoms with Crippen LogP contribution in [0.15, 0.2) is 39.5 Å². The van der Waals surface area contributed by atoms with Crippen LogP contribution in [0.2, 0.25) is 0 Å². The molecule has 3 N–H and O–H groups in total. The van der Waals surface area contributed by atoms with Crippen molar-refractivity contribution >= 4 is 11.0 Å². The summed E-state index contributed by atoms with van der Waals surface area (Å²) >= 11 is 0. The predicted octanol–water partition coefficient (Wildman–Crippen LogP) is 2.59. The molecule has 0 radical (unpaired) electrons. The first-order chi connectivity index (χ1) is 11.5. The zero-order chi connectivity index (χ0) is 17.4. The molecule has 0 fully saturated rings. The number of aromatic hydroxyl groups is 3. The van der Waals surface area contributed by atoms with Crippen LogP contribution >= 0.6 is 0 Å². The summed E-state index contributed by atoms with van der Waals surface area (Å²) in [6, 6.07) is 6.94. The summed E-state index contributed by atoms with van der Waals surface area (Å²) in [5.74, 6) is -0.625. The van der Waals surface area contributed by atoms with E-state index in [-0.39, 0.29) is 16.7 Å². The molecule has 1 heterocycles. The smallest absolute Gasteiger partial charge is 0.202 e. The minimum atomic E-state index is -0.623. The zero-order valence-electron chi connectivity index (χ0n) is 12.9. The Kier molecular flexibility index (Phi) is 3.69. The number of phenolic OH excluding ortho intramolecular Hbond substituents is 3. The van der Waals surface area contributed by atoms with Crippen LogP contribution in [-0.2, 0) is 0 Å². The van der Waals surface area contributed by atoms with E-state index >= 15 is 0 Å². The maximum Gasteiger partial charge on any atom is 0.202 e. The van der Waals surface area contributed by atoms with Gasteiger partial charge in [0.25, 0.3) is 0 Å². The minimum Gasteiger partial charge on any atom is -0.507 e. The van der Waals surface area contributed by atoms with E-state index in [0.717, 1.165) is 6.07 Å². The maximum absolute atomic E-state index is 12.3. The molecule has 2 aromatic carbocycles. The number of benzene rings is 2. The van der Waals surface area contributed by atoms with Gasteiger partial charge in [0, 0.05) is 17.7 Å². The topological polar surface area (TPSA) is 109 Å². The highest BCUT2D eigenvalue weighted by atomic mass is 16.5. The van der Waals surface area contributed by atoms with Gasteiger partial charge in [-0.1, -0.05) is 0 Å². The molecular formula is C17H14O7. The van der Waals surface area contributed by atoms with Crippen LogP contribution in [0.5, 0.6) is 28.7 Å². The molecule has 124 valence electrons. The molecule has 0 unspecified atom stereocenters. The quantitative estimate of drug-likeness (QED) is 0.500. The van der Waals surface area contributed by atoms with Crippen LogP contribution in [0.4, 0.5) is 0 Å². The number of hydrogen-bond donors (Lipinski definition) is 3. The molecule has 0 atom stereocenters. The van der Waals surface area contributed by atoms with Crippen LogP contribution in [0.1, 0.15) is 0 Å². The second-order valence-corrected chi connectivity index (χ2v) is 5.01. The van der Waals surface area contributed by atoms with Gasteiger partial charge in [-0.15, -0.1) is 0 Å². The largest absolute Gasteiger partial charge is 0.507 e. The van der Waals surface area contributed by atoms with Crippen molar-refractivity contribution in [2.24, 2.45) is 0 Å². The third-order valence-corrected chi connectivity index (χ3v) is 3.60. The highest BCUT2D eigenvalue weighted by Crippen LogP contribution is 2.40. The summed E-state index contributed by atoms with van der Waals surface area (Å²) in [7, 11) is 2.97. The van der Waals surface area contributed by atoms with Gasteiger partial charge in [0.05, 0.1) is 14.2 Å². The number of ether oxygens (including phenoxy) is 2. The first-order valence-corrected chi connectivity index (χ1v) is 6.90. The summed E-state index contributed by atoms with van der Waals surface area (Å²) in [6.45, 7) is 0. The fourth-order valence-corrected chi connectivity index (χ4v) is 2.42. The van der Waals surface area contributed by atoms with Crippen molar-refractivity contribution in [1.82, 2.24) is 0 Å². The van der Waals surface area contributed by atoms with Crippen molar-refractivity contribution in [3.63, 3.8) is 0 Å². The van der Waals surface area contributed by atoms with Gasteiger partial charge < -0.3 is 29.2 Å². The van der Waals surface area contributed by atoms with Crippen LogP contribution in [-0.4, -0.2) is 29.5 Å². The average Bonchev–Trinajstić information content (AvgIpc) is 2.58. The molecule has 1 aromatic heterocycles. The molecule has 0 saturated carbocycles. The molecule has 0 aliphatic carbocycles. The molecular weight excluding hydrogens is 316 g/mol. The fraction of sp³-hybridized carbons (Fsp3) is 0.118. The molecule has 0 aliphatic rings. The predicted molar refractivity (Wildman–Crippen MR) is 86.0 cm³/mol. The van der Waals surface area contributed by atoms with Gasteiger partial charge in [-0.05, 0) is 18.2 Å². The molecule has 3 aromatic rings. The number of fused-ring (bicyclic) bond motifs is 1. The zero-order valence-corrected chi connectivity index (χ0v) is 12.9. The number of rotatable bonds is 3. The minimum absolute atomic E-state index is 0.133. The normalized spacial score (nSPS) is 10.8. The Morgan fingerprint density at radius 3 is 2.29 bits per heavy atom. The Hall–Kier alpha value is -3.35. The van der Waals surface area contributed by atoms with E-state index < -0.39 is 22.7 Å². The Bertz CT molecular complexity index is 988. The molecule has 0 amide bonds. The van der Waals surface area contributed by atoms with E-state index in [1.807, 2.05) is 0 Å². The lowest BCUT2D eigenvalue weighted by Gasteiger charge is -2.10. The van der Waals surface area contributed by atoms with Gasteiger partial charge in [0.1, 0.15) is 16.9 Å². The molecule has 3 rings (SSSR count). The maximum atomic E-state index is 12.3. The van der Waals surface area contributed by atoms with Crippen LogP contribution < -0.4 is 14.9 Å². The lowest BCUT2D eigenvalue weighted by Crippen LogP contribution is -2.01. The third-order valence-electron chi connectivity index (χ3n) is 3.60. The first-order valence-electron chi connectivity index (χ1n) is 6.90. The fourth-order valence-electron chi connectivity index (χ4n) is 2.42. The van der Waals surface area contributed by atoms with E-state index in [1.54, 1.807) is 18.2 Å². The summed E-state index contributed by atoms with van der Waals surface area (Å²) in [4.78, 5) is 12.3. The van der Waals surface area contributed by atoms with Gasteiger partial charge in [0.15, 0.2) is 28.3 Å². The third kappa shape index (κ3) is 2.36. The van der Waals surface area contributed by atoms with Crippen molar-refractivity contribution in [3.8, 4) is 40.1 Å². The van der Waals surface area contributed by atoms with E-state index in [4.69, 9.17) is 13.9 Å². The van der Waals surface area contributed by atoms with Crippen molar-refractivity contribution in [3.05, 3.63) is 40.6 Å². The molecule has 0 saturated heterocycles. The molecule has 0 aliphatic heterocycles. The van der Waals surface area contributed by atoms with Crippen LogP contribution in [0.3, 0.4) is 0 Å². The highest BCUT2D eigenvalue weighted by Gasteiger charge is 2.18. The van der Waals surface area contributed by atoms with Gasteiger partial charge in [-0.3, -0.25) is 4.79 Å². The summed E-state index contributed by atoms with van der Waals surface area (Å²) in [6.07, 6.45) is 0. The Morgan fingerprint density at radius 1 is 0.917 bits per heavy atom. The summed E-state index contributed by atoms with van der Waals surface area (Å²) in [5, 5.41) is 29.1. The Morgan fingerprint density at radius 2 is 1.62 bits per heavy atom. The Labute approximate surface area is 135 Å². The molecule has 0 bridgehead atoms. The monoisotopic (exact) mass is 330 g/mol. The van der Waals surface area contributed by atoms with Crippen LogP contribution in [0, 0.1) is 0 Å². The summed E-state index contributed by atoms with van der Waals surface area (Å²) < 4.78 is 15.9. The van der Waals surface area contributed by atoms with Crippen molar-refractivity contribution in [2.45, 2.75) is 0 Å². The average molecular weight is 330 g/mol. The second-order valence-electron chi connectivity index (χ2n) is 5.01. The SMILES string of the molecule is COc1ccc(-c2cc(=O)c3c(O)cc(O)c(O)c3o2)cc1OC. The number of phenols is 3. The molecule has 7 nitrogen and oxygen atoms in total. The van der Waals surface area contributed by atoms with E-state index in [0.29, 0.717) is 17.1 Å². The summed E-state index contributed by atoms with van der Waals surface area (Å²) in [5.41, 5.74) is -0.368. The van der Waals surface area contributed by atoms with E-state index in [9.17, 15) is 20.1 Å². The molecule has 24 heavy (non-hydrogen) atoms. The van der Waals surface area contributed by atoms with Gasteiger partial charge >= 0.3 is 0 Å². The van der Waals surface area contributed by atoms with Gasteiger partial charge in [-0.2, -0.15) is 0 Å². The second kappa shape index (κ2) is 5.69. The molecule has 0 spiro atoms. The van der Waals surface area contributed by atoms with E-state index in [2.05, 4.69) is 0 Å². The highest BCUT2D eigenvalue weighted by molar-refractivity contribution is 5.91. The van der Waals surface area contributed by atoms with Crippen LogP contribution in [0.25, 0.3) is 22.3 Å². The standard InChI is InChI=1S/C17H14O7/c1-22-12-4-3-8(5-14(12)23-2)13-7-10(19)15-9(18)6-11(20)16(21)17(15)24-13/h3-7,18,20-21H,1-2H3. The lowest BCUT2D eigenvalue weighted by atomic mass is 10.1. The first kappa shape index (κ1) is 15.5. The lowest BCUT2D eigenvalue weighted by molar-refractivity contribution is 0.355. The van der Waals surface area contributed by atoms with Crippen molar-refractivity contribution < 1.29 is 29.2 Å². The number of methoxy groups -OCH3 is 2. The Balaban J connectivity index is 2.29. The van der Waals surface area contributed by atoms with Gasteiger partial charge in [-0.25, -0.2) is 0 Å². The van der Waals surface area contributed by atoms with Crippen molar-refractivity contribution in [2.75, 3.05) is 14.2 Å². The molecule has 7 heteroatoms. The number of hydrogen-bond acceptors (Lipinski definition) is 7. The van der Waals surface area contributed by atoms with Gasteiger partial charge in [0.2, 0.25) is 5.75 Å².